The Hall–Kier alpha value is -0.390. The number of alkyl halides is 1. The lowest BCUT2D eigenvalue weighted by Crippen LogP contribution is -2.32. The first-order valence-corrected chi connectivity index (χ1v) is 7.38. The van der Waals surface area contributed by atoms with Crippen molar-refractivity contribution >= 4 is 33.3 Å². The van der Waals surface area contributed by atoms with Gasteiger partial charge in [0.15, 0.2) is 11.6 Å². The van der Waals surface area contributed by atoms with Crippen molar-refractivity contribution in [3.8, 4) is 0 Å². The second-order valence-electron chi connectivity index (χ2n) is 4.33. The molecule has 1 fully saturated rings. The van der Waals surface area contributed by atoms with Crippen LogP contribution in [0.3, 0.4) is 0 Å². The quantitative estimate of drug-likeness (QED) is 0.791. The molecule has 0 N–H and O–H groups in total. The summed E-state index contributed by atoms with van der Waals surface area (Å²) in [6.45, 7) is 4.45. The van der Waals surface area contributed by atoms with Gasteiger partial charge in [-0.2, -0.15) is 0 Å². The summed E-state index contributed by atoms with van der Waals surface area (Å²) in [7, 11) is 0. The van der Waals surface area contributed by atoms with Crippen molar-refractivity contribution in [2.24, 2.45) is 0 Å². The highest BCUT2D eigenvalue weighted by atomic mass is 79.9. The zero-order chi connectivity index (χ0) is 13.0. The number of rotatable bonds is 3. The summed E-state index contributed by atoms with van der Waals surface area (Å²) in [5.41, 5.74) is 0. The van der Waals surface area contributed by atoms with Gasteiger partial charge in [-0.25, -0.2) is 9.37 Å². The second-order valence-corrected chi connectivity index (χ2v) is 5.62. The van der Waals surface area contributed by atoms with Crippen molar-refractivity contribution in [2.45, 2.75) is 6.42 Å². The minimum Gasteiger partial charge on any atom is -0.353 e. The van der Waals surface area contributed by atoms with Gasteiger partial charge < -0.3 is 9.80 Å². The third kappa shape index (κ3) is 3.56. The van der Waals surface area contributed by atoms with Crippen molar-refractivity contribution in [1.29, 1.82) is 0 Å². The molecule has 2 heterocycles. The molecule has 1 aliphatic rings. The molecule has 0 radical (unpaired) electrons. The Morgan fingerprint density at radius 1 is 1.33 bits per heavy atom. The van der Waals surface area contributed by atoms with Crippen LogP contribution in [0.5, 0.6) is 0 Å². The van der Waals surface area contributed by atoms with E-state index < -0.39 is 0 Å². The van der Waals surface area contributed by atoms with E-state index in [-0.39, 0.29) is 5.82 Å². The van der Waals surface area contributed by atoms with Gasteiger partial charge in [0.25, 0.3) is 0 Å². The summed E-state index contributed by atoms with van der Waals surface area (Å²) in [6.07, 6.45) is 2.65. The first-order chi connectivity index (χ1) is 8.70. The Balaban J connectivity index is 2.05. The highest BCUT2D eigenvalue weighted by Crippen LogP contribution is 2.21. The normalized spacial score (nSPS) is 17.8. The summed E-state index contributed by atoms with van der Waals surface area (Å²) in [5.74, 6) is 0.825. The predicted octanol–water partition coefficient (Wildman–Crippen LogP) is 2.73. The first-order valence-electron chi connectivity index (χ1n) is 6.05. The lowest BCUT2D eigenvalue weighted by molar-refractivity contribution is 0.311. The molecule has 1 aliphatic heterocycles. The standard InChI is InChI=1S/C12H16BrClFN3/c13-10-8-11(15)12(16-9-10)18-4-1-3-17(5-2-14)6-7-18/h8-9H,1-7H2. The third-order valence-corrected chi connectivity index (χ3v) is 3.68. The maximum absolute atomic E-state index is 13.8. The van der Waals surface area contributed by atoms with E-state index >= 15 is 0 Å². The highest BCUT2D eigenvalue weighted by molar-refractivity contribution is 9.10. The Bertz CT molecular complexity index is 405. The molecule has 0 unspecified atom stereocenters. The van der Waals surface area contributed by atoms with Crippen molar-refractivity contribution in [3.05, 3.63) is 22.6 Å². The monoisotopic (exact) mass is 335 g/mol. The number of aromatic nitrogens is 1. The van der Waals surface area contributed by atoms with Gasteiger partial charge in [-0.05, 0) is 35.0 Å². The molecule has 0 aliphatic carbocycles. The lowest BCUT2D eigenvalue weighted by Gasteiger charge is -2.22. The third-order valence-electron chi connectivity index (χ3n) is 3.08. The van der Waals surface area contributed by atoms with Crippen LogP contribution in [0.2, 0.25) is 0 Å². The number of hydrogen-bond acceptors (Lipinski definition) is 3. The minimum atomic E-state index is -0.268. The summed E-state index contributed by atoms with van der Waals surface area (Å²) in [6, 6.07) is 1.46. The molecule has 0 bridgehead atoms. The fraction of sp³-hybridized carbons (Fsp3) is 0.583. The SMILES string of the molecule is Fc1cc(Br)cnc1N1CCCN(CCCl)CC1. The number of pyridine rings is 1. The Labute approximate surface area is 120 Å². The molecular weight excluding hydrogens is 321 g/mol. The van der Waals surface area contributed by atoms with E-state index in [9.17, 15) is 4.39 Å². The zero-order valence-electron chi connectivity index (χ0n) is 10.1. The van der Waals surface area contributed by atoms with E-state index in [1.807, 2.05) is 4.90 Å². The Kier molecular flexibility index (Phi) is 5.21. The lowest BCUT2D eigenvalue weighted by atomic mass is 10.3. The molecule has 3 nitrogen and oxygen atoms in total. The van der Waals surface area contributed by atoms with Crippen molar-refractivity contribution in [3.63, 3.8) is 0 Å². The molecule has 2 rings (SSSR count). The van der Waals surface area contributed by atoms with Crippen LogP contribution in [-0.2, 0) is 0 Å². The molecule has 0 aromatic carbocycles. The average Bonchev–Trinajstić information content (AvgIpc) is 2.55. The summed E-state index contributed by atoms with van der Waals surface area (Å²) >= 11 is 8.97. The minimum absolute atomic E-state index is 0.268. The number of halogens is 3. The van der Waals surface area contributed by atoms with Gasteiger partial charge >= 0.3 is 0 Å². The molecular formula is C12H16BrClFN3. The van der Waals surface area contributed by atoms with E-state index in [0.29, 0.717) is 16.2 Å². The van der Waals surface area contributed by atoms with Gasteiger partial charge in [0, 0.05) is 42.7 Å². The topological polar surface area (TPSA) is 19.4 Å². The van der Waals surface area contributed by atoms with Crippen LogP contribution in [0.1, 0.15) is 6.42 Å². The zero-order valence-corrected chi connectivity index (χ0v) is 12.4. The Morgan fingerprint density at radius 3 is 2.89 bits per heavy atom. The molecule has 0 atom stereocenters. The van der Waals surface area contributed by atoms with Crippen molar-refractivity contribution in [1.82, 2.24) is 9.88 Å². The average molecular weight is 337 g/mol. The highest BCUT2D eigenvalue weighted by Gasteiger charge is 2.18. The largest absolute Gasteiger partial charge is 0.353 e. The second kappa shape index (κ2) is 6.68. The molecule has 0 spiro atoms. The molecule has 1 saturated heterocycles. The van der Waals surface area contributed by atoms with Gasteiger partial charge in [-0.15, -0.1) is 11.6 Å². The number of hydrogen-bond donors (Lipinski definition) is 0. The van der Waals surface area contributed by atoms with Gasteiger partial charge in [0.1, 0.15) is 0 Å². The molecule has 0 amide bonds. The fourth-order valence-electron chi connectivity index (χ4n) is 2.17. The van der Waals surface area contributed by atoms with Crippen LogP contribution in [0.4, 0.5) is 10.2 Å². The molecule has 1 aromatic rings. The molecule has 100 valence electrons. The van der Waals surface area contributed by atoms with E-state index in [0.717, 1.165) is 39.1 Å². The fourth-order valence-corrected chi connectivity index (χ4v) is 2.71. The van der Waals surface area contributed by atoms with Gasteiger partial charge in [0.2, 0.25) is 0 Å². The first kappa shape index (κ1) is 14.0. The summed E-state index contributed by atoms with van der Waals surface area (Å²) in [5, 5.41) is 0. The van der Waals surface area contributed by atoms with Crippen LogP contribution in [0, 0.1) is 5.82 Å². The maximum Gasteiger partial charge on any atom is 0.166 e. The summed E-state index contributed by atoms with van der Waals surface area (Å²) < 4.78 is 14.5. The molecule has 0 saturated carbocycles. The smallest absolute Gasteiger partial charge is 0.166 e. The van der Waals surface area contributed by atoms with Gasteiger partial charge in [-0.1, -0.05) is 0 Å². The van der Waals surface area contributed by atoms with E-state index in [2.05, 4.69) is 25.8 Å². The number of anilines is 1. The van der Waals surface area contributed by atoms with Crippen LogP contribution < -0.4 is 4.90 Å². The molecule has 1 aromatic heterocycles. The maximum atomic E-state index is 13.8. The Morgan fingerprint density at radius 2 is 2.17 bits per heavy atom. The summed E-state index contributed by atoms with van der Waals surface area (Å²) in [4.78, 5) is 8.49. The van der Waals surface area contributed by atoms with Gasteiger partial charge in [-0.3, -0.25) is 0 Å². The molecule has 18 heavy (non-hydrogen) atoms. The van der Waals surface area contributed by atoms with E-state index in [4.69, 9.17) is 11.6 Å². The van der Waals surface area contributed by atoms with E-state index in [1.54, 1.807) is 6.20 Å². The van der Waals surface area contributed by atoms with Crippen LogP contribution in [-0.4, -0.2) is 48.5 Å². The van der Waals surface area contributed by atoms with E-state index in [1.165, 1.54) is 6.07 Å². The van der Waals surface area contributed by atoms with Crippen LogP contribution >= 0.6 is 27.5 Å². The van der Waals surface area contributed by atoms with Crippen LogP contribution in [0.15, 0.2) is 16.7 Å². The van der Waals surface area contributed by atoms with Crippen LogP contribution in [0.25, 0.3) is 0 Å². The number of nitrogens with zero attached hydrogens (tertiary/aromatic N) is 3. The predicted molar refractivity (Wildman–Crippen MR) is 75.9 cm³/mol. The van der Waals surface area contributed by atoms with Crippen molar-refractivity contribution < 1.29 is 4.39 Å². The van der Waals surface area contributed by atoms with Crippen molar-refractivity contribution in [2.75, 3.05) is 43.5 Å². The van der Waals surface area contributed by atoms with Gasteiger partial charge in [0.05, 0.1) is 0 Å². The molecule has 6 heteroatoms.